The number of carbonyl (C=O) groups is 2. The van der Waals surface area contributed by atoms with E-state index in [0.29, 0.717) is 18.1 Å². The van der Waals surface area contributed by atoms with Crippen LogP contribution in [0.15, 0.2) is 42.6 Å². The molecule has 1 aliphatic heterocycles. The van der Waals surface area contributed by atoms with Gasteiger partial charge in [0.1, 0.15) is 0 Å². The number of hydrogen-bond donors (Lipinski definition) is 2. The van der Waals surface area contributed by atoms with Crippen molar-refractivity contribution in [3.05, 3.63) is 64.3 Å². The zero-order valence-corrected chi connectivity index (χ0v) is 17.3. The molecule has 1 fully saturated rings. The summed E-state index contributed by atoms with van der Waals surface area (Å²) in [4.78, 5) is 30.1. The van der Waals surface area contributed by atoms with Crippen LogP contribution in [0.1, 0.15) is 23.1 Å². The van der Waals surface area contributed by atoms with Crippen LogP contribution < -0.4 is 5.32 Å². The Morgan fingerprint density at radius 3 is 2.83 bits per heavy atom. The van der Waals surface area contributed by atoms with Gasteiger partial charge in [0, 0.05) is 47.3 Å². The van der Waals surface area contributed by atoms with Crippen LogP contribution >= 0.6 is 11.6 Å². The van der Waals surface area contributed by atoms with E-state index in [9.17, 15) is 9.59 Å². The molecule has 29 heavy (non-hydrogen) atoms. The number of aromatic amines is 1. The van der Waals surface area contributed by atoms with Crippen LogP contribution in [-0.2, 0) is 16.0 Å². The second kappa shape index (κ2) is 7.91. The summed E-state index contributed by atoms with van der Waals surface area (Å²) in [5.41, 5.74) is 5.25. The van der Waals surface area contributed by atoms with Crippen molar-refractivity contribution in [1.82, 2.24) is 9.88 Å². The van der Waals surface area contributed by atoms with Gasteiger partial charge in [-0.15, -0.1) is 0 Å². The molecular weight excluding hydrogens is 386 g/mol. The first kappa shape index (κ1) is 19.5. The van der Waals surface area contributed by atoms with Gasteiger partial charge in [0.05, 0.1) is 5.92 Å². The van der Waals surface area contributed by atoms with Gasteiger partial charge in [-0.3, -0.25) is 9.59 Å². The van der Waals surface area contributed by atoms with E-state index in [-0.39, 0.29) is 24.2 Å². The number of hydrogen-bond acceptors (Lipinski definition) is 2. The zero-order chi connectivity index (χ0) is 20.5. The number of nitrogens with one attached hydrogen (secondary N) is 2. The molecule has 6 heteroatoms. The summed E-state index contributed by atoms with van der Waals surface area (Å²) in [7, 11) is 0. The number of likely N-dealkylation sites (tertiary alicyclic amines) is 1. The number of nitrogens with zero attached hydrogens (tertiary/aromatic N) is 1. The van der Waals surface area contributed by atoms with Crippen molar-refractivity contribution in [2.75, 3.05) is 18.4 Å². The lowest BCUT2D eigenvalue weighted by atomic mass is 10.1. The number of aromatic nitrogens is 1. The summed E-state index contributed by atoms with van der Waals surface area (Å²) in [6.07, 6.45) is 2.94. The molecule has 150 valence electrons. The summed E-state index contributed by atoms with van der Waals surface area (Å²) in [6.45, 7) is 5.10. The molecule has 1 saturated heterocycles. The molecule has 0 saturated carbocycles. The van der Waals surface area contributed by atoms with Crippen LogP contribution in [0, 0.1) is 19.8 Å². The highest BCUT2D eigenvalue weighted by Gasteiger charge is 2.34. The van der Waals surface area contributed by atoms with Gasteiger partial charge in [0.25, 0.3) is 0 Å². The summed E-state index contributed by atoms with van der Waals surface area (Å²) in [5.74, 6) is -0.382. The lowest BCUT2D eigenvalue weighted by Crippen LogP contribution is -2.30. The van der Waals surface area contributed by atoms with E-state index in [2.05, 4.69) is 10.3 Å². The summed E-state index contributed by atoms with van der Waals surface area (Å²) in [5, 5.41) is 4.73. The monoisotopic (exact) mass is 409 g/mol. The van der Waals surface area contributed by atoms with Crippen molar-refractivity contribution in [2.45, 2.75) is 26.7 Å². The molecule has 0 spiro atoms. The Bertz CT molecular complexity index is 1090. The maximum absolute atomic E-state index is 12.6. The number of H-pyrrole nitrogens is 1. The number of carbonyl (C=O) groups excluding carboxylic acids is 2. The van der Waals surface area contributed by atoms with Crippen LogP contribution in [0.25, 0.3) is 10.9 Å². The molecule has 2 heterocycles. The van der Waals surface area contributed by atoms with Gasteiger partial charge in [0.15, 0.2) is 0 Å². The Morgan fingerprint density at radius 2 is 2.03 bits per heavy atom. The van der Waals surface area contributed by atoms with Crippen molar-refractivity contribution in [1.29, 1.82) is 0 Å². The van der Waals surface area contributed by atoms with Crippen LogP contribution in [0.5, 0.6) is 0 Å². The predicted octanol–water partition coefficient (Wildman–Crippen LogP) is 4.47. The lowest BCUT2D eigenvalue weighted by molar-refractivity contribution is -0.128. The van der Waals surface area contributed by atoms with Gasteiger partial charge in [-0.2, -0.15) is 0 Å². The third-order valence-electron chi connectivity index (χ3n) is 5.74. The van der Waals surface area contributed by atoms with Gasteiger partial charge in [-0.25, -0.2) is 0 Å². The molecule has 2 amide bonds. The second-order valence-corrected chi connectivity index (χ2v) is 8.22. The average molecular weight is 410 g/mol. The van der Waals surface area contributed by atoms with Crippen molar-refractivity contribution in [2.24, 2.45) is 5.92 Å². The van der Waals surface area contributed by atoms with E-state index >= 15 is 0 Å². The highest BCUT2D eigenvalue weighted by atomic mass is 35.5. The second-order valence-electron chi connectivity index (χ2n) is 7.78. The molecule has 0 radical (unpaired) electrons. The first-order chi connectivity index (χ1) is 13.9. The number of halogens is 1. The molecule has 0 aliphatic carbocycles. The van der Waals surface area contributed by atoms with E-state index in [0.717, 1.165) is 34.1 Å². The molecule has 2 aromatic carbocycles. The molecule has 1 aliphatic rings. The summed E-state index contributed by atoms with van der Waals surface area (Å²) >= 11 is 6.11. The highest BCUT2D eigenvalue weighted by molar-refractivity contribution is 6.31. The number of anilines is 1. The minimum Gasteiger partial charge on any atom is -0.361 e. The predicted molar refractivity (Wildman–Crippen MR) is 116 cm³/mol. The lowest BCUT2D eigenvalue weighted by Gasteiger charge is -2.16. The van der Waals surface area contributed by atoms with E-state index in [1.54, 1.807) is 4.90 Å². The zero-order valence-electron chi connectivity index (χ0n) is 16.6. The molecule has 2 N–H and O–H groups in total. The van der Waals surface area contributed by atoms with E-state index in [1.807, 2.05) is 56.4 Å². The quantitative estimate of drug-likeness (QED) is 0.653. The van der Waals surface area contributed by atoms with Crippen molar-refractivity contribution in [3.8, 4) is 0 Å². The number of fused-ring (bicyclic) bond motifs is 1. The SMILES string of the molecule is Cc1ccc(NC(=O)[C@H]2CC(=O)N(CCc3c[nH]c4ccc(Cl)cc34)C2)cc1C. The fraction of sp³-hybridized carbons (Fsp3) is 0.304. The normalized spacial score (nSPS) is 16.6. The molecule has 0 bridgehead atoms. The molecular formula is C23H24ClN3O2. The molecule has 1 aromatic heterocycles. The number of amides is 2. The minimum atomic E-state index is -0.318. The highest BCUT2D eigenvalue weighted by Crippen LogP contribution is 2.25. The Balaban J connectivity index is 1.37. The minimum absolute atomic E-state index is 0.0307. The number of aryl methyl sites for hydroxylation is 2. The van der Waals surface area contributed by atoms with Crippen molar-refractivity contribution in [3.63, 3.8) is 0 Å². The number of benzene rings is 2. The number of rotatable bonds is 5. The van der Waals surface area contributed by atoms with Gasteiger partial charge in [-0.05, 0) is 67.3 Å². The molecule has 4 rings (SSSR count). The molecule has 0 unspecified atom stereocenters. The Labute approximate surface area is 175 Å². The van der Waals surface area contributed by atoms with Gasteiger partial charge in [-0.1, -0.05) is 17.7 Å². The average Bonchev–Trinajstić information content (AvgIpc) is 3.26. The summed E-state index contributed by atoms with van der Waals surface area (Å²) < 4.78 is 0. The van der Waals surface area contributed by atoms with E-state index in [1.165, 1.54) is 5.56 Å². The van der Waals surface area contributed by atoms with Gasteiger partial charge < -0.3 is 15.2 Å². The molecule has 3 aromatic rings. The summed E-state index contributed by atoms with van der Waals surface area (Å²) in [6, 6.07) is 11.6. The van der Waals surface area contributed by atoms with E-state index < -0.39 is 0 Å². The van der Waals surface area contributed by atoms with Crippen LogP contribution in [0.3, 0.4) is 0 Å². The molecule has 5 nitrogen and oxygen atoms in total. The Kier molecular flexibility index (Phi) is 5.33. The smallest absolute Gasteiger partial charge is 0.229 e. The topological polar surface area (TPSA) is 65.2 Å². The van der Waals surface area contributed by atoms with Crippen LogP contribution in [0.4, 0.5) is 5.69 Å². The molecule has 1 atom stereocenters. The van der Waals surface area contributed by atoms with Crippen molar-refractivity contribution < 1.29 is 9.59 Å². The van der Waals surface area contributed by atoms with Crippen LogP contribution in [-0.4, -0.2) is 34.8 Å². The first-order valence-electron chi connectivity index (χ1n) is 9.82. The maximum Gasteiger partial charge on any atom is 0.229 e. The third kappa shape index (κ3) is 4.15. The Morgan fingerprint density at radius 1 is 1.21 bits per heavy atom. The third-order valence-corrected chi connectivity index (χ3v) is 5.98. The van der Waals surface area contributed by atoms with E-state index in [4.69, 9.17) is 11.6 Å². The fourth-order valence-corrected chi connectivity index (χ4v) is 4.01. The Hall–Kier alpha value is -2.79. The van der Waals surface area contributed by atoms with Crippen LogP contribution in [0.2, 0.25) is 5.02 Å². The van der Waals surface area contributed by atoms with Gasteiger partial charge in [0.2, 0.25) is 11.8 Å². The standard InChI is InChI=1S/C23H24ClN3O2/c1-14-3-5-19(9-15(14)2)26-23(29)17-10-22(28)27(13-17)8-7-16-12-25-21-6-4-18(24)11-20(16)21/h3-6,9,11-12,17,25H,7-8,10,13H2,1-2H3,(H,26,29)/t17-/m0/s1. The first-order valence-corrected chi connectivity index (χ1v) is 10.2. The largest absolute Gasteiger partial charge is 0.361 e. The fourth-order valence-electron chi connectivity index (χ4n) is 3.84. The maximum atomic E-state index is 12.6. The van der Waals surface area contributed by atoms with Crippen molar-refractivity contribution >= 4 is 40.0 Å². The van der Waals surface area contributed by atoms with Gasteiger partial charge >= 0.3 is 0 Å².